The molecule has 9 heteroatoms. The normalized spacial score (nSPS) is 12.0. The van der Waals surface area contributed by atoms with E-state index in [4.69, 9.17) is 9.47 Å². The van der Waals surface area contributed by atoms with E-state index in [9.17, 15) is 13.9 Å². The fourth-order valence-corrected chi connectivity index (χ4v) is 3.96. The van der Waals surface area contributed by atoms with Crippen LogP contribution in [0.3, 0.4) is 0 Å². The Morgan fingerprint density at radius 1 is 0.816 bits per heavy atom. The predicted molar refractivity (Wildman–Crippen MR) is 137 cm³/mol. The van der Waals surface area contributed by atoms with Gasteiger partial charge in [0.2, 0.25) is 0 Å². The highest BCUT2D eigenvalue weighted by molar-refractivity contribution is 5.70. The van der Waals surface area contributed by atoms with Crippen LogP contribution in [0.1, 0.15) is 22.8 Å². The summed E-state index contributed by atoms with van der Waals surface area (Å²) < 4.78 is 43.2. The molecule has 5 aromatic rings. The summed E-state index contributed by atoms with van der Waals surface area (Å²) in [6.45, 7) is -2.10. The van der Waals surface area contributed by atoms with Crippen LogP contribution in [0.2, 0.25) is 0 Å². The van der Waals surface area contributed by atoms with Gasteiger partial charge in [-0.25, -0.2) is 9.97 Å². The molecule has 5 rings (SSSR count). The molecule has 2 heterocycles. The Kier molecular flexibility index (Phi) is 7.75. The maximum Gasteiger partial charge on any atom is 0.387 e. The van der Waals surface area contributed by atoms with Crippen molar-refractivity contribution in [3.63, 3.8) is 0 Å². The zero-order chi connectivity index (χ0) is 26.3. The van der Waals surface area contributed by atoms with Gasteiger partial charge in [-0.05, 0) is 53.1 Å². The van der Waals surface area contributed by atoms with E-state index in [1.807, 2.05) is 59.2 Å². The first kappa shape index (κ1) is 25.2. The number of hydrogen-bond donors (Lipinski definition) is 1. The van der Waals surface area contributed by atoms with Crippen LogP contribution < -0.4 is 14.2 Å². The Balaban J connectivity index is 1.32. The van der Waals surface area contributed by atoms with Gasteiger partial charge in [-0.3, -0.25) is 0 Å². The molecule has 0 aliphatic rings. The minimum atomic E-state index is -2.91. The van der Waals surface area contributed by atoms with Crippen molar-refractivity contribution in [2.45, 2.75) is 25.9 Å². The molecule has 1 unspecified atom stereocenters. The van der Waals surface area contributed by atoms with Crippen molar-refractivity contribution in [3.05, 3.63) is 114 Å². The minimum Gasteiger partial charge on any atom is -0.487 e. The summed E-state index contributed by atoms with van der Waals surface area (Å²) in [5, 5.41) is 10.6. The van der Waals surface area contributed by atoms with E-state index >= 15 is 0 Å². The molecule has 0 aliphatic carbocycles. The third-order valence-electron chi connectivity index (χ3n) is 5.86. The monoisotopic (exact) mass is 517 g/mol. The molecule has 0 spiro atoms. The highest BCUT2D eigenvalue weighted by Gasteiger charge is 2.14. The number of hydrogen-bond acceptors (Lipinski definition) is 6. The second-order valence-electron chi connectivity index (χ2n) is 8.55. The van der Waals surface area contributed by atoms with Gasteiger partial charge in [-0.15, -0.1) is 0 Å². The summed E-state index contributed by atoms with van der Waals surface area (Å²) in [6, 6.07) is 24.9. The van der Waals surface area contributed by atoms with Crippen LogP contribution in [0.15, 0.2) is 97.5 Å². The third-order valence-corrected chi connectivity index (χ3v) is 5.86. The predicted octanol–water partition coefficient (Wildman–Crippen LogP) is 5.77. The molecule has 1 atom stereocenters. The van der Waals surface area contributed by atoms with Crippen molar-refractivity contribution in [2.75, 3.05) is 6.61 Å². The van der Waals surface area contributed by atoms with Gasteiger partial charge in [0.15, 0.2) is 17.1 Å². The molecular weight excluding hydrogens is 492 g/mol. The molecule has 2 aromatic heterocycles. The number of aliphatic hydroxyl groups is 1. The molecule has 3 aromatic carbocycles. The third kappa shape index (κ3) is 6.24. The van der Waals surface area contributed by atoms with Crippen molar-refractivity contribution in [2.24, 2.45) is 0 Å². The molecule has 0 saturated heterocycles. The molecule has 0 amide bonds. The topological polar surface area (TPSA) is 78.6 Å². The van der Waals surface area contributed by atoms with Crippen LogP contribution in [-0.4, -0.2) is 32.9 Å². The molecule has 0 saturated carbocycles. The van der Waals surface area contributed by atoms with E-state index in [0.29, 0.717) is 30.2 Å². The SMILES string of the molecule is OC(COc1ccc(Cn2cnc3cccnc32)cc1OCc1ccccc1)c1ccc(OC(F)F)cc1. The van der Waals surface area contributed by atoms with Gasteiger partial charge in [-0.1, -0.05) is 48.5 Å². The lowest BCUT2D eigenvalue weighted by atomic mass is 10.1. The van der Waals surface area contributed by atoms with Gasteiger partial charge in [0, 0.05) is 6.20 Å². The van der Waals surface area contributed by atoms with E-state index in [2.05, 4.69) is 14.7 Å². The minimum absolute atomic E-state index is 0.0185. The fraction of sp³-hybridized carbons (Fsp3) is 0.172. The number of rotatable bonds is 11. The smallest absolute Gasteiger partial charge is 0.387 e. The van der Waals surface area contributed by atoms with Crippen molar-refractivity contribution in [3.8, 4) is 17.2 Å². The molecule has 194 valence electrons. The molecule has 0 fully saturated rings. The first-order chi connectivity index (χ1) is 18.5. The number of aliphatic hydroxyl groups excluding tert-OH is 1. The quantitative estimate of drug-likeness (QED) is 0.240. The van der Waals surface area contributed by atoms with Gasteiger partial charge < -0.3 is 23.9 Å². The molecule has 0 bridgehead atoms. The highest BCUT2D eigenvalue weighted by atomic mass is 19.3. The molecule has 38 heavy (non-hydrogen) atoms. The Morgan fingerprint density at radius 2 is 1.63 bits per heavy atom. The van der Waals surface area contributed by atoms with Crippen LogP contribution in [0.5, 0.6) is 17.2 Å². The number of imidazole rings is 1. The van der Waals surface area contributed by atoms with E-state index < -0.39 is 12.7 Å². The summed E-state index contributed by atoms with van der Waals surface area (Å²) in [5.74, 6) is 1.01. The lowest BCUT2D eigenvalue weighted by Gasteiger charge is -2.17. The van der Waals surface area contributed by atoms with Crippen LogP contribution in [-0.2, 0) is 13.2 Å². The Hall–Kier alpha value is -4.50. The molecule has 0 aliphatic heterocycles. The van der Waals surface area contributed by atoms with E-state index in [1.54, 1.807) is 18.6 Å². The average Bonchev–Trinajstić information content (AvgIpc) is 3.34. The van der Waals surface area contributed by atoms with Crippen LogP contribution in [0.25, 0.3) is 11.2 Å². The number of fused-ring (bicyclic) bond motifs is 1. The van der Waals surface area contributed by atoms with Crippen LogP contribution in [0, 0.1) is 0 Å². The highest BCUT2D eigenvalue weighted by Crippen LogP contribution is 2.31. The Bertz CT molecular complexity index is 1480. The number of nitrogens with zero attached hydrogens (tertiary/aromatic N) is 3. The number of aromatic nitrogens is 3. The van der Waals surface area contributed by atoms with E-state index in [-0.39, 0.29) is 12.4 Å². The molecule has 0 radical (unpaired) electrons. The van der Waals surface area contributed by atoms with Gasteiger partial charge in [0.25, 0.3) is 0 Å². The summed E-state index contributed by atoms with van der Waals surface area (Å²) in [7, 11) is 0. The number of benzene rings is 3. The zero-order valence-corrected chi connectivity index (χ0v) is 20.3. The first-order valence-electron chi connectivity index (χ1n) is 12.0. The second kappa shape index (κ2) is 11.7. The maximum absolute atomic E-state index is 12.4. The summed E-state index contributed by atoms with van der Waals surface area (Å²) >= 11 is 0. The van der Waals surface area contributed by atoms with Crippen molar-refractivity contribution in [1.82, 2.24) is 14.5 Å². The van der Waals surface area contributed by atoms with Crippen molar-refractivity contribution >= 4 is 11.2 Å². The van der Waals surface area contributed by atoms with Crippen molar-refractivity contribution < 1.29 is 28.1 Å². The Labute approximate surface area is 217 Å². The number of alkyl halides is 2. The first-order valence-corrected chi connectivity index (χ1v) is 12.0. The lowest BCUT2D eigenvalue weighted by molar-refractivity contribution is -0.0498. The van der Waals surface area contributed by atoms with Crippen LogP contribution >= 0.6 is 0 Å². The summed E-state index contributed by atoms with van der Waals surface area (Å²) in [5.41, 5.74) is 4.07. The Morgan fingerprint density at radius 3 is 2.42 bits per heavy atom. The number of pyridine rings is 1. The summed E-state index contributed by atoms with van der Waals surface area (Å²) in [6.07, 6.45) is 2.50. The van der Waals surface area contributed by atoms with Gasteiger partial charge in [0.1, 0.15) is 30.6 Å². The van der Waals surface area contributed by atoms with E-state index in [1.165, 1.54) is 24.3 Å². The maximum atomic E-state index is 12.4. The van der Waals surface area contributed by atoms with Gasteiger partial charge in [-0.2, -0.15) is 8.78 Å². The van der Waals surface area contributed by atoms with Gasteiger partial charge in [0.05, 0.1) is 12.9 Å². The van der Waals surface area contributed by atoms with Crippen LogP contribution in [0.4, 0.5) is 8.78 Å². The van der Waals surface area contributed by atoms with E-state index in [0.717, 1.165) is 22.3 Å². The second-order valence-corrected chi connectivity index (χ2v) is 8.55. The largest absolute Gasteiger partial charge is 0.487 e. The van der Waals surface area contributed by atoms with Gasteiger partial charge >= 0.3 is 6.61 Å². The molecular formula is C29H25F2N3O4. The average molecular weight is 518 g/mol. The number of halogens is 2. The standard InChI is InChI=1S/C29H25F2N3O4/c30-29(31)38-23-11-9-22(10-12-23)25(35)18-37-26-13-8-21(15-27(26)36-17-20-5-2-1-3-6-20)16-34-19-33-24-7-4-14-32-28(24)34/h1-15,19,25,29,35H,16-18H2. The fourth-order valence-electron chi connectivity index (χ4n) is 3.96. The van der Waals surface area contributed by atoms with Crippen molar-refractivity contribution in [1.29, 1.82) is 0 Å². The number of ether oxygens (including phenoxy) is 3. The molecule has 1 N–H and O–H groups in total. The summed E-state index contributed by atoms with van der Waals surface area (Å²) in [4.78, 5) is 8.82. The lowest BCUT2D eigenvalue weighted by Crippen LogP contribution is -2.11. The zero-order valence-electron chi connectivity index (χ0n) is 20.3. The molecule has 7 nitrogen and oxygen atoms in total.